The molecule has 0 spiro atoms. The van der Waals surface area contributed by atoms with Gasteiger partial charge in [-0.2, -0.15) is 13.2 Å². The van der Waals surface area contributed by atoms with Crippen molar-refractivity contribution in [3.05, 3.63) is 82.9 Å². The van der Waals surface area contributed by atoms with E-state index in [0.29, 0.717) is 12.1 Å². The molecular formula is C24H19F5N4O3. The predicted octanol–water partition coefficient (Wildman–Crippen LogP) is 5.42. The van der Waals surface area contributed by atoms with Gasteiger partial charge in [0, 0.05) is 12.6 Å². The second kappa shape index (κ2) is 10.4. The topological polar surface area (TPSA) is 106 Å². The van der Waals surface area contributed by atoms with Crippen LogP contribution in [0.1, 0.15) is 28.4 Å². The highest BCUT2D eigenvalue weighted by Gasteiger charge is 2.32. The summed E-state index contributed by atoms with van der Waals surface area (Å²) in [6.07, 6.45) is -4.72. The van der Waals surface area contributed by atoms with E-state index in [1.54, 1.807) is 0 Å². The van der Waals surface area contributed by atoms with Gasteiger partial charge < -0.3 is 15.8 Å². The molecule has 0 aliphatic heterocycles. The van der Waals surface area contributed by atoms with Gasteiger partial charge in [-0.25, -0.2) is 13.8 Å². The highest BCUT2D eigenvalue weighted by atomic mass is 19.4. The molecule has 0 aliphatic carbocycles. The summed E-state index contributed by atoms with van der Waals surface area (Å²) < 4.78 is 73.0. The van der Waals surface area contributed by atoms with E-state index in [4.69, 9.17) is 10.5 Å². The minimum atomic E-state index is -4.72. The third kappa shape index (κ3) is 6.56. The number of carbonyl (C=O) groups is 2. The molecule has 0 saturated heterocycles. The number of anilines is 1. The molecule has 12 heteroatoms. The zero-order valence-electron chi connectivity index (χ0n) is 18.8. The molecule has 0 bridgehead atoms. The number of rotatable bonds is 5. The Morgan fingerprint density at radius 2 is 1.69 bits per heavy atom. The summed E-state index contributed by atoms with van der Waals surface area (Å²) >= 11 is 0. The number of carbonyl (C=O) groups excluding carboxylic acids is 2. The summed E-state index contributed by atoms with van der Waals surface area (Å²) in [5, 5.41) is 4.59. The third-order valence-corrected chi connectivity index (χ3v) is 4.66. The molecule has 0 saturated carbocycles. The lowest BCUT2D eigenvalue weighted by molar-refractivity contribution is -0.137. The number of nitrogens with zero attached hydrogens (tertiary/aromatic N) is 1. The third-order valence-electron chi connectivity index (χ3n) is 4.66. The Morgan fingerprint density at radius 1 is 0.972 bits per heavy atom. The lowest BCUT2D eigenvalue weighted by Crippen LogP contribution is -2.34. The number of aryl methyl sites for hydroxylation is 1. The van der Waals surface area contributed by atoms with Crippen LogP contribution in [0.25, 0.3) is 0 Å². The van der Waals surface area contributed by atoms with Gasteiger partial charge in [-0.1, -0.05) is 0 Å². The van der Waals surface area contributed by atoms with E-state index in [2.05, 4.69) is 15.6 Å². The number of ether oxygens (including phenoxy) is 1. The standard InChI is InChI=1S/C24H19F5N4O3/c1-12-9-15(25)4-8-20(12)36-21-10-14(24(27,28)29)3-6-17(21)22(35)32-16-5-7-18(26)19(11-16)33-23(30)31-13(2)34/h3-11H,1-2H3,(H,32,35)(H3,30,31,33,34). The molecule has 0 radical (unpaired) electrons. The monoisotopic (exact) mass is 506 g/mol. The summed E-state index contributed by atoms with van der Waals surface area (Å²) in [6, 6.07) is 8.94. The normalized spacial score (nSPS) is 11.7. The molecule has 188 valence electrons. The average Bonchev–Trinajstić information content (AvgIpc) is 2.76. The van der Waals surface area contributed by atoms with Crippen LogP contribution < -0.4 is 21.1 Å². The van der Waals surface area contributed by atoms with Crippen LogP contribution >= 0.6 is 0 Å². The minimum absolute atomic E-state index is 0.0274. The fraction of sp³-hybridized carbons (Fsp3) is 0.125. The molecule has 4 N–H and O–H groups in total. The van der Waals surface area contributed by atoms with Crippen LogP contribution in [0.4, 0.5) is 33.3 Å². The van der Waals surface area contributed by atoms with E-state index >= 15 is 0 Å². The molecule has 0 unspecified atom stereocenters. The van der Waals surface area contributed by atoms with Crippen LogP contribution in [0.2, 0.25) is 0 Å². The zero-order valence-corrected chi connectivity index (χ0v) is 18.8. The van der Waals surface area contributed by atoms with Gasteiger partial charge >= 0.3 is 6.18 Å². The number of hydrogen-bond donors (Lipinski definition) is 3. The minimum Gasteiger partial charge on any atom is -0.456 e. The van der Waals surface area contributed by atoms with Crippen LogP contribution in [0.15, 0.2) is 59.6 Å². The Kier molecular flexibility index (Phi) is 7.56. The lowest BCUT2D eigenvalue weighted by atomic mass is 10.1. The number of aliphatic imine (C=N–C) groups is 1. The second-order valence-electron chi connectivity index (χ2n) is 7.52. The highest BCUT2D eigenvalue weighted by Crippen LogP contribution is 2.36. The molecular weight excluding hydrogens is 487 g/mol. The Balaban J connectivity index is 1.96. The summed E-state index contributed by atoms with van der Waals surface area (Å²) in [5.41, 5.74) is 4.17. The van der Waals surface area contributed by atoms with Gasteiger partial charge in [0.1, 0.15) is 28.8 Å². The fourth-order valence-corrected chi connectivity index (χ4v) is 3.03. The number of benzene rings is 3. The fourth-order valence-electron chi connectivity index (χ4n) is 3.03. The first-order valence-corrected chi connectivity index (χ1v) is 10.2. The van der Waals surface area contributed by atoms with Crippen molar-refractivity contribution in [1.29, 1.82) is 0 Å². The maximum Gasteiger partial charge on any atom is 0.416 e. The van der Waals surface area contributed by atoms with E-state index in [1.165, 1.54) is 26.0 Å². The van der Waals surface area contributed by atoms with Crippen LogP contribution in [0.3, 0.4) is 0 Å². The van der Waals surface area contributed by atoms with E-state index < -0.39 is 46.9 Å². The second-order valence-corrected chi connectivity index (χ2v) is 7.52. The quantitative estimate of drug-likeness (QED) is 0.244. The number of amides is 2. The van der Waals surface area contributed by atoms with Crippen molar-refractivity contribution in [2.75, 3.05) is 5.32 Å². The molecule has 7 nitrogen and oxygen atoms in total. The molecule has 0 atom stereocenters. The summed E-state index contributed by atoms with van der Waals surface area (Å²) in [4.78, 5) is 27.7. The molecule has 3 aromatic rings. The first kappa shape index (κ1) is 26.1. The number of hydrogen-bond acceptors (Lipinski definition) is 4. The van der Waals surface area contributed by atoms with Gasteiger partial charge in [-0.05, 0) is 67.1 Å². The van der Waals surface area contributed by atoms with Gasteiger partial charge in [-0.15, -0.1) is 0 Å². The van der Waals surface area contributed by atoms with E-state index in [0.717, 1.165) is 30.3 Å². The molecule has 0 heterocycles. The van der Waals surface area contributed by atoms with Gasteiger partial charge in [0.25, 0.3) is 5.91 Å². The van der Waals surface area contributed by atoms with Crippen LogP contribution in [0, 0.1) is 18.6 Å². The van der Waals surface area contributed by atoms with Crippen LogP contribution in [-0.2, 0) is 11.0 Å². The maximum absolute atomic E-state index is 14.1. The van der Waals surface area contributed by atoms with E-state index in [-0.39, 0.29) is 28.3 Å². The summed E-state index contributed by atoms with van der Waals surface area (Å²) in [5.74, 6) is -3.59. The summed E-state index contributed by atoms with van der Waals surface area (Å²) in [7, 11) is 0. The molecule has 3 rings (SSSR count). The first-order valence-electron chi connectivity index (χ1n) is 10.2. The van der Waals surface area contributed by atoms with Crippen molar-refractivity contribution >= 4 is 29.1 Å². The first-order chi connectivity index (χ1) is 16.8. The van der Waals surface area contributed by atoms with Crippen LogP contribution in [-0.4, -0.2) is 17.8 Å². The molecule has 0 fully saturated rings. The number of nitrogens with one attached hydrogen (secondary N) is 2. The average molecular weight is 506 g/mol. The SMILES string of the molecule is CC(=O)NC(N)=Nc1cc(NC(=O)c2ccc(C(F)(F)F)cc2Oc2ccc(F)cc2C)ccc1F. The molecule has 2 amide bonds. The molecule has 0 aliphatic rings. The van der Waals surface area contributed by atoms with Crippen LogP contribution in [0.5, 0.6) is 11.5 Å². The Morgan fingerprint density at radius 3 is 2.33 bits per heavy atom. The van der Waals surface area contributed by atoms with Gasteiger partial charge in [0.15, 0.2) is 0 Å². The number of nitrogens with two attached hydrogens (primary N) is 1. The molecule has 36 heavy (non-hydrogen) atoms. The Labute approximate surface area is 201 Å². The number of halogens is 5. The molecule has 0 aromatic heterocycles. The van der Waals surface area contributed by atoms with Crippen molar-refractivity contribution in [3.63, 3.8) is 0 Å². The predicted molar refractivity (Wildman–Crippen MR) is 122 cm³/mol. The molecule has 3 aromatic carbocycles. The van der Waals surface area contributed by atoms with Crippen molar-refractivity contribution in [3.8, 4) is 11.5 Å². The largest absolute Gasteiger partial charge is 0.456 e. The lowest BCUT2D eigenvalue weighted by Gasteiger charge is -2.16. The van der Waals surface area contributed by atoms with Gasteiger partial charge in [0.05, 0.1) is 11.1 Å². The van der Waals surface area contributed by atoms with Gasteiger partial charge in [0.2, 0.25) is 11.9 Å². The number of alkyl halides is 3. The van der Waals surface area contributed by atoms with E-state index in [9.17, 15) is 31.5 Å². The van der Waals surface area contributed by atoms with E-state index in [1.807, 2.05) is 0 Å². The van der Waals surface area contributed by atoms with Crippen molar-refractivity contribution in [2.45, 2.75) is 20.0 Å². The maximum atomic E-state index is 14.1. The van der Waals surface area contributed by atoms with Crippen molar-refractivity contribution in [1.82, 2.24) is 5.32 Å². The number of guanidine groups is 1. The highest BCUT2D eigenvalue weighted by molar-refractivity contribution is 6.06. The van der Waals surface area contributed by atoms with Crippen molar-refractivity contribution < 1.29 is 36.3 Å². The Bertz CT molecular complexity index is 1360. The van der Waals surface area contributed by atoms with Gasteiger partial charge in [-0.3, -0.25) is 14.9 Å². The smallest absolute Gasteiger partial charge is 0.416 e. The summed E-state index contributed by atoms with van der Waals surface area (Å²) in [6.45, 7) is 2.66. The Hall–Kier alpha value is -4.48. The zero-order chi connectivity index (χ0) is 26.6. The van der Waals surface area contributed by atoms with Crippen molar-refractivity contribution in [2.24, 2.45) is 10.7 Å².